The van der Waals surface area contributed by atoms with Crippen LogP contribution in [-0.4, -0.2) is 22.6 Å². The summed E-state index contributed by atoms with van der Waals surface area (Å²) in [6.45, 7) is 4.69. The van der Waals surface area contributed by atoms with Gasteiger partial charge in [-0.2, -0.15) is 5.10 Å². The number of anilines is 1. The number of nitrogens with two attached hydrogens (primary N) is 1. The SMILES string of the molecule is CC(C)CC(CN)CC(=O)Nc1ccc(=O)[nH]n1. The number of carbonyl (C=O) groups is 1. The minimum atomic E-state index is -0.298. The lowest BCUT2D eigenvalue weighted by atomic mass is 9.94. The van der Waals surface area contributed by atoms with Crippen molar-refractivity contribution in [1.82, 2.24) is 10.2 Å². The molecule has 0 fully saturated rings. The molecule has 0 aliphatic rings. The first kappa shape index (κ1) is 14.4. The molecule has 6 nitrogen and oxygen atoms in total. The number of rotatable bonds is 6. The average Bonchev–Trinajstić information content (AvgIpc) is 2.30. The second-order valence-electron chi connectivity index (χ2n) is 4.79. The summed E-state index contributed by atoms with van der Waals surface area (Å²) in [6, 6.07) is 2.79. The second kappa shape index (κ2) is 6.90. The van der Waals surface area contributed by atoms with Crippen LogP contribution in [0.1, 0.15) is 26.7 Å². The van der Waals surface area contributed by atoms with Crippen LogP contribution in [0, 0.1) is 11.8 Å². The smallest absolute Gasteiger partial charge is 0.264 e. The number of aromatic nitrogens is 2. The van der Waals surface area contributed by atoms with Gasteiger partial charge in [0.25, 0.3) is 5.56 Å². The van der Waals surface area contributed by atoms with Crippen LogP contribution in [0.25, 0.3) is 0 Å². The Bertz CT molecular complexity index is 421. The Morgan fingerprint density at radius 2 is 2.22 bits per heavy atom. The average molecular weight is 252 g/mol. The van der Waals surface area contributed by atoms with Gasteiger partial charge in [-0.1, -0.05) is 13.8 Å². The normalized spacial score (nSPS) is 12.4. The number of hydrogen-bond donors (Lipinski definition) is 3. The summed E-state index contributed by atoms with van der Waals surface area (Å²) < 4.78 is 0. The molecule has 4 N–H and O–H groups in total. The van der Waals surface area contributed by atoms with E-state index in [4.69, 9.17) is 5.73 Å². The predicted molar refractivity (Wildman–Crippen MR) is 70.1 cm³/mol. The number of nitrogens with one attached hydrogen (secondary N) is 2. The van der Waals surface area contributed by atoms with Crippen LogP contribution in [0.5, 0.6) is 0 Å². The molecule has 1 rings (SSSR count). The van der Waals surface area contributed by atoms with Gasteiger partial charge in [0, 0.05) is 12.5 Å². The van der Waals surface area contributed by atoms with Crippen LogP contribution >= 0.6 is 0 Å². The molecule has 1 unspecified atom stereocenters. The van der Waals surface area contributed by atoms with Crippen molar-refractivity contribution in [3.63, 3.8) is 0 Å². The standard InChI is InChI=1S/C12H20N4O2/c1-8(2)5-9(7-13)6-12(18)14-10-3-4-11(17)16-15-10/h3-4,8-9H,5-7,13H2,1-2H3,(H,16,17)(H,14,15,18). The fourth-order valence-electron chi connectivity index (χ4n) is 1.80. The predicted octanol–water partition coefficient (Wildman–Crippen LogP) is 0.719. The molecular formula is C12H20N4O2. The van der Waals surface area contributed by atoms with Gasteiger partial charge in [0.05, 0.1) is 0 Å². The van der Waals surface area contributed by atoms with Crippen molar-refractivity contribution >= 4 is 11.7 Å². The Balaban J connectivity index is 2.49. The highest BCUT2D eigenvalue weighted by Crippen LogP contribution is 2.14. The number of H-pyrrole nitrogens is 1. The summed E-state index contributed by atoms with van der Waals surface area (Å²) in [4.78, 5) is 22.6. The van der Waals surface area contributed by atoms with Crippen molar-refractivity contribution in [2.45, 2.75) is 26.7 Å². The molecule has 100 valence electrons. The number of hydrogen-bond acceptors (Lipinski definition) is 4. The van der Waals surface area contributed by atoms with Gasteiger partial charge in [-0.15, -0.1) is 0 Å². The molecule has 1 atom stereocenters. The molecule has 0 radical (unpaired) electrons. The molecule has 18 heavy (non-hydrogen) atoms. The van der Waals surface area contributed by atoms with Crippen molar-refractivity contribution < 1.29 is 4.79 Å². The van der Waals surface area contributed by atoms with E-state index in [2.05, 4.69) is 29.4 Å². The molecule has 0 aliphatic heterocycles. The van der Waals surface area contributed by atoms with E-state index in [0.717, 1.165) is 6.42 Å². The zero-order valence-electron chi connectivity index (χ0n) is 10.8. The molecule has 0 spiro atoms. The number of carbonyl (C=O) groups excluding carboxylic acids is 1. The lowest BCUT2D eigenvalue weighted by Crippen LogP contribution is -2.24. The Morgan fingerprint density at radius 1 is 1.50 bits per heavy atom. The molecular weight excluding hydrogens is 232 g/mol. The van der Waals surface area contributed by atoms with Gasteiger partial charge in [-0.3, -0.25) is 9.59 Å². The third-order valence-electron chi connectivity index (χ3n) is 2.56. The van der Waals surface area contributed by atoms with E-state index in [1.165, 1.54) is 12.1 Å². The monoisotopic (exact) mass is 252 g/mol. The molecule has 1 aromatic rings. The number of aromatic amines is 1. The van der Waals surface area contributed by atoms with Crippen LogP contribution in [0.3, 0.4) is 0 Å². The largest absolute Gasteiger partial charge is 0.330 e. The molecule has 1 aromatic heterocycles. The van der Waals surface area contributed by atoms with Crippen LogP contribution in [-0.2, 0) is 4.79 Å². The summed E-state index contributed by atoms with van der Waals surface area (Å²) in [6.07, 6.45) is 1.29. The zero-order chi connectivity index (χ0) is 13.5. The van der Waals surface area contributed by atoms with Crippen molar-refractivity contribution in [2.24, 2.45) is 17.6 Å². The Hall–Kier alpha value is -1.69. The first-order valence-corrected chi connectivity index (χ1v) is 6.07. The van der Waals surface area contributed by atoms with Gasteiger partial charge in [0.15, 0.2) is 5.82 Å². The summed E-state index contributed by atoms with van der Waals surface area (Å²) >= 11 is 0. The highest BCUT2D eigenvalue weighted by atomic mass is 16.1. The molecule has 0 aromatic carbocycles. The van der Waals surface area contributed by atoms with Crippen LogP contribution in [0.4, 0.5) is 5.82 Å². The van der Waals surface area contributed by atoms with E-state index in [-0.39, 0.29) is 17.4 Å². The maximum absolute atomic E-state index is 11.7. The lowest BCUT2D eigenvalue weighted by molar-refractivity contribution is -0.117. The third-order valence-corrected chi connectivity index (χ3v) is 2.56. The van der Waals surface area contributed by atoms with Crippen molar-refractivity contribution in [3.8, 4) is 0 Å². The van der Waals surface area contributed by atoms with Gasteiger partial charge in [0.2, 0.25) is 5.91 Å². The van der Waals surface area contributed by atoms with E-state index in [9.17, 15) is 9.59 Å². The van der Waals surface area contributed by atoms with Gasteiger partial charge in [0.1, 0.15) is 0 Å². The Morgan fingerprint density at radius 3 is 2.72 bits per heavy atom. The number of nitrogens with zero attached hydrogens (tertiary/aromatic N) is 1. The van der Waals surface area contributed by atoms with E-state index < -0.39 is 0 Å². The minimum absolute atomic E-state index is 0.134. The highest BCUT2D eigenvalue weighted by molar-refractivity contribution is 5.89. The summed E-state index contributed by atoms with van der Waals surface area (Å²) in [5, 5.41) is 8.60. The summed E-state index contributed by atoms with van der Waals surface area (Å²) in [7, 11) is 0. The molecule has 1 heterocycles. The van der Waals surface area contributed by atoms with Crippen molar-refractivity contribution in [1.29, 1.82) is 0 Å². The molecule has 0 bridgehead atoms. The molecule has 1 amide bonds. The van der Waals surface area contributed by atoms with Crippen LogP contribution in [0.15, 0.2) is 16.9 Å². The maximum Gasteiger partial charge on any atom is 0.264 e. The van der Waals surface area contributed by atoms with E-state index in [1.807, 2.05) is 0 Å². The maximum atomic E-state index is 11.7. The van der Waals surface area contributed by atoms with Gasteiger partial charge in [-0.05, 0) is 30.9 Å². The molecule has 0 aliphatic carbocycles. The summed E-state index contributed by atoms with van der Waals surface area (Å²) in [5.74, 6) is 0.899. The summed E-state index contributed by atoms with van der Waals surface area (Å²) in [5.41, 5.74) is 5.34. The van der Waals surface area contributed by atoms with Crippen molar-refractivity contribution in [3.05, 3.63) is 22.5 Å². The topological polar surface area (TPSA) is 101 Å². The molecule has 0 saturated carbocycles. The fourth-order valence-corrected chi connectivity index (χ4v) is 1.80. The quantitative estimate of drug-likeness (QED) is 0.694. The number of amides is 1. The second-order valence-corrected chi connectivity index (χ2v) is 4.79. The molecule has 0 saturated heterocycles. The first-order valence-electron chi connectivity index (χ1n) is 6.07. The Kier molecular flexibility index (Phi) is 5.51. The van der Waals surface area contributed by atoms with Gasteiger partial charge >= 0.3 is 0 Å². The minimum Gasteiger partial charge on any atom is -0.330 e. The molecule has 6 heteroatoms. The van der Waals surface area contributed by atoms with Crippen molar-refractivity contribution in [2.75, 3.05) is 11.9 Å². The third kappa shape index (κ3) is 5.09. The highest BCUT2D eigenvalue weighted by Gasteiger charge is 2.14. The van der Waals surface area contributed by atoms with E-state index in [1.54, 1.807) is 0 Å². The fraction of sp³-hybridized carbons (Fsp3) is 0.583. The van der Waals surface area contributed by atoms with Crippen LogP contribution in [0.2, 0.25) is 0 Å². The van der Waals surface area contributed by atoms with Gasteiger partial charge in [-0.25, -0.2) is 5.10 Å². The lowest BCUT2D eigenvalue weighted by Gasteiger charge is -2.16. The Labute approximate surface area is 106 Å². The van der Waals surface area contributed by atoms with Gasteiger partial charge < -0.3 is 11.1 Å². The van der Waals surface area contributed by atoms with E-state index >= 15 is 0 Å². The zero-order valence-corrected chi connectivity index (χ0v) is 10.8. The van der Waals surface area contributed by atoms with Crippen LogP contribution < -0.4 is 16.6 Å². The first-order chi connectivity index (χ1) is 8.51. The van der Waals surface area contributed by atoms with E-state index in [0.29, 0.717) is 24.7 Å².